The van der Waals surface area contributed by atoms with Crippen molar-refractivity contribution >= 4 is 28.7 Å². The second kappa shape index (κ2) is 6.40. The Labute approximate surface area is 121 Å². The van der Waals surface area contributed by atoms with Gasteiger partial charge in [0.05, 0.1) is 25.0 Å². The molecule has 0 aliphatic rings. The molecule has 1 aromatic heterocycles. The molecule has 3 N–H and O–H groups in total. The third-order valence-corrected chi connectivity index (χ3v) is 3.05. The van der Waals surface area contributed by atoms with Gasteiger partial charge in [0, 0.05) is 18.5 Å². The highest BCUT2D eigenvalue weighted by atomic mass is 35.5. The van der Waals surface area contributed by atoms with Gasteiger partial charge in [0.15, 0.2) is 0 Å². The third-order valence-electron chi connectivity index (χ3n) is 2.68. The highest BCUT2D eigenvalue weighted by Crippen LogP contribution is 2.21. The summed E-state index contributed by atoms with van der Waals surface area (Å²) in [4.78, 5) is 12.0. The van der Waals surface area contributed by atoms with Gasteiger partial charge in [-0.05, 0) is 24.3 Å². The Morgan fingerprint density at radius 1 is 1.40 bits per heavy atom. The number of ether oxygens (including phenoxy) is 1. The molecule has 7 heteroatoms. The number of nitrogens with two attached hydrogens (primary N) is 1. The lowest BCUT2D eigenvalue weighted by molar-refractivity contribution is 0.182. The maximum Gasteiger partial charge on any atom is 0.287 e. The molecule has 0 radical (unpaired) electrons. The summed E-state index contributed by atoms with van der Waals surface area (Å²) >= 11 is 6.06. The molecule has 0 aliphatic carbocycles. The first-order valence-electron chi connectivity index (χ1n) is 5.99. The fourth-order valence-electron chi connectivity index (χ4n) is 1.61. The SMILES string of the molecule is COCCn1ncc(Nc2ccc(N)cc2)c(Cl)c1=O. The van der Waals surface area contributed by atoms with Crippen molar-refractivity contribution in [2.45, 2.75) is 6.54 Å². The third kappa shape index (κ3) is 3.28. The van der Waals surface area contributed by atoms with Gasteiger partial charge >= 0.3 is 0 Å². The van der Waals surface area contributed by atoms with Crippen molar-refractivity contribution in [1.29, 1.82) is 0 Å². The van der Waals surface area contributed by atoms with Crippen molar-refractivity contribution in [1.82, 2.24) is 9.78 Å². The van der Waals surface area contributed by atoms with E-state index in [-0.39, 0.29) is 10.6 Å². The van der Waals surface area contributed by atoms with Crippen molar-refractivity contribution in [3.63, 3.8) is 0 Å². The summed E-state index contributed by atoms with van der Waals surface area (Å²) in [7, 11) is 1.56. The molecule has 0 unspecified atom stereocenters. The Hall–Kier alpha value is -2.05. The normalized spacial score (nSPS) is 10.5. The van der Waals surface area contributed by atoms with Gasteiger partial charge in [-0.25, -0.2) is 4.68 Å². The van der Waals surface area contributed by atoms with E-state index in [1.807, 2.05) is 0 Å². The Morgan fingerprint density at radius 3 is 2.75 bits per heavy atom. The largest absolute Gasteiger partial charge is 0.399 e. The van der Waals surface area contributed by atoms with Crippen LogP contribution in [0.5, 0.6) is 0 Å². The summed E-state index contributed by atoms with van der Waals surface area (Å²) in [6.45, 7) is 0.755. The highest BCUT2D eigenvalue weighted by Gasteiger charge is 2.09. The van der Waals surface area contributed by atoms with Crippen molar-refractivity contribution in [3.8, 4) is 0 Å². The second-order valence-corrected chi connectivity index (χ2v) is 4.52. The van der Waals surface area contributed by atoms with Crippen LogP contribution in [0.1, 0.15) is 0 Å². The van der Waals surface area contributed by atoms with E-state index < -0.39 is 0 Å². The van der Waals surface area contributed by atoms with E-state index in [4.69, 9.17) is 22.1 Å². The number of anilines is 3. The molecule has 0 atom stereocenters. The highest BCUT2D eigenvalue weighted by molar-refractivity contribution is 6.33. The lowest BCUT2D eigenvalue weighted by Crippen LogP contribution is -2.25. The zero-order valence-electron chi connectivity index (χ0n) is 11.0. The molecule has 2 aromatic rings. The van der Waals surface area contributed by atoms with E-state index in [9.17, 15) is 4.79 Å². The zero-order chi connectivity index (χ0) is 14.5. The minimum atomic E-state index is -0.357. The van der Waals surface area contributed by atoms with E-state index in [1.165, 1.54) is 10.9 Å². The topological polar surface area (TPSA) is 82.2 Å². The van der Waals surface area contributed by atoms with Gasteiger partial charge in [-0.2, -0.15) is 5.10 Å². The summed E-state index contributed by atoms with van der Waals surface area (Å²) in [6.07, 6.45) is 1.51. The second-order valence-electron chi connectivity index (χ2n) is 4.14. The molecule has 0 spiro atoms. The molecular formula is C13H15ClN4O2. The Kier molecular flexibility index (Phi) is 4.60. The molecule has 0 saturated heterocycles. The van der Waals surface area contributed by atoms with Crippen LogP contribution in [0.4, 0.5) is 17.1 Å². The molecule has 20 heavy (non-hydrogen) atoms. The molecule has 6 nitrogen and oxygen atoms in total. The summed E-state index contributed by atoms with van der Waals surface area (Å²) < 4.78 is 6.17. The lowest BCUT2D eigenvalue weighted by atomic mass is 10.3. The lowest BCUT2D eigenvalue weighted by Gasteiger charge is -2.10. The number of aromatic nitrogens is 2. The number of hydrogen-bond donors (Lipinski definition) is 2. The molecule has 106 valence electrons. The minimum Gasteiger partial charge on any atom is -0.399 e. The van der Waals surface area contributed by atoms with Gasteiger partial charge in [0.2, 0.25) is 0 Å². The molecule has 0 saturated carbocycles. The van der Waals surface area contributed by atoms with Crippen LogP contribution < -0.4 is 16.6 Å². The standard InChI is InChI=1S/C13H15ClN4O2/c1-20-7-6-18-13(19)12(14)11(8-16-18)17-10-4-2-9(15)3-5-10/h2-5,8,17H,6-7,15H2,1H3. The van der Waals surface area contributed by atoms with Crippen molar-refractivity contribution in [2.75, 3.05) is 24.8 Å². The number of nitrogens with zero attached hydrogens (tertiary/aromatic N) is 2. The maximum atomic E-state index is 12.0. The predicted molar refractivity (Wildman–Crippen MR) is 79.5 cm³/mol. The van der Waals surface area contributed by atoms with Gasteiger partial charge in [0.1, 0.15) is 5.02 Å². The molecule has 1 aromatic carbocycles. The number of methoxy groups -OCH3 is 1. The number of nitrogen functional groups attached to an aromatic ring is 1. The zero-order valence-corrected chi connectivity index (χ0v) is 11.7. The van der Waals surface area contributed by atoms with Gasteiger partial charge in [-0.15, -0.1) is 0 Å². The molecule has 0 amide bonds. The Morgan fingerprint density at radius 2 is 2.10 bits per heavy atom. The molecule has 2 rings (SSSR count). The minimum absolute atomic E-state index is 0.0907. The van der Waals surface area contributed by atoms with E-state index in [0.29, 0.717) is 24.5 Å². The molecule has 0 fully saturated rings. The average molecular weight is 295 g/mol. The van der Waals surface area contributed by atoms with Crippen LogP contribution in [-0.2, 0) is 11.3 Å². The molecule has 1 heterocycles. The Bertz CT molecular complexity index is 640. The summed E-state index contributed by atoms with van der Waals surface area (Å²) in [6, 6.07) is 7.09. The first-order chi connectivity index (χ1) is 9.61. The first kappa shape index (κ1) is 14.4. The van der Waals surface area contributed by atoms with Crippen LogP contribution in [0.2, 0.25) is 5.02 Å². The van der Waals surface area contributed by atoms with Crippen molar-refractivity contribution in [3.05, 3.63) is 45.8 Å². The van der Waals surface area contributed by atoms with Crippen LogP contribution in [0, 0.1) is 0 Å². The number of nitrogens with one attached hydrogen (secondary N) is 1. The Balaban J connectivity index is 2.23. The number of hydrogen-bond acceptors (Lipinski definition) is 5. The van der Waals surface area contributed by atoms with E-state index >= 15 is 0 Å². The van der Waals surface area contributed by atoms with Crippen LogP contribution >= 0.6 is 11.6 Å². The quantitative estimate of drug-likeness (QED) is 0.823. The van der Waals surface area contributed by atoms with Gasteiger partial charge in [0.25, 0.3) is 5.56 Å². The van der Waals surface area contributed by atoms with E-state index in [1.54, 1.807) is 31.4 Å². The smallest absolute Gasteiger partial charge is 0.287 e. The fraction of sp³-hybridized carbons (Fsp3) is 0.231. The molecule has 0 bridgehead atoms. The average Bonchev–Trinajstić information content (AvgIpc) is 2.45. The predicted octanol–water partition coefficient (Wildman–Crippen LogP) is 1.87. The first-order valence-corrected chi connectivity index (χ1v) is 6.36. The van der Waals surface area contributed by atoms with Gasteiger partial charge in [-0.3, -0.25) is 4.79 Å². The maximum absolute atomic E-state index is 12.0. The van der Waals surface area contributed by atoms with Crippen LogP contribution in [0.15, 0.2) is 35.3 Å². The van der Waals surface area contributed by atoms with Crippen LogP contribution in [0.25, 0.3) is 0 Å². The molecular weight excluding hydrogens is 280 g/mol. The monoisotopic (exact) mass is 294 g/mol. The van der Waals surface area contributed by atoms with Crippen LogP contribution in [-0.4, -0.2) is 23.5 Å². The van der Waals surface area contributed by atoms with Gasteiger partial charge < -0.3 is 15.8 Å². The van der Waals surface area contributed by atoms with Crippen molar-refractivity contribution in [2.24, 2.45) is 0 Å². The number of rotatable bonds is 5. The number of benzene rings is 1. The summed E-state index contributed by atoms with van der Waals surface area (Å²) in [5, 5.41) is 7.16. The summed E-state index contributed by atoms with van der Waals surface area (Å²) in [5.41, 5.74) is 7.14. The van der Waals surface area contributed by atoms with Crippen LogP contribution in [0.3, 0.4) is 0 Å². The van der Waals surface area contributed by atoms with Gasteiger partial charge in [-0.1, -0.05) is 11.6 Å². The van der Waals surface area contributed by atoms with Crippen molar-refractivity contribution < 1.29 is 4.74 Å². The van der Waals surface area contributed by atoms with E-state index in [2.05, 4.69) is 10.4 Å². The molecule has 0 aliphatic heterocycles. The number of halogens is 1. The summed E-state index contributed by atoms with van der Waals surface area (Å²) in [5.74, 6) is 0. The fourth-order valence-corrected chi connectivity index (χ4v) is 1.80. The van der Waals surface area contributed by atoms with E-state index in [0.717, 1.165) is 5.69 Å².